The first-order valence-electron chi connectivity index (χ1n) is 8.31. The van der Waals surface area contributed by atoms with Crippen LogP contribution in [-0.2, 0) is 4.74 Å². The van der Waals surface area contributed by atoms with E-state index in [-0.39, 0.29) is 18.2 Å². The maximum absolute atomic E-state index is 12.6. The van der Waals surface area contributed by atoms with Crippen molar-refractivity contribution in [3.63, 3.8) is 0 Å². The van der Waals surface area contributed by atoms with Crippen LogP contribution in [0.25, 0.3) is 5.57 Å². The molecule has 0 radical (unpaired) electrons. The van der Waals surface area contributed by atoms with Gasteiger partial charge in [0.25, 0.3) is 0 Å². The molecular weight excluding hydrogens is 354 g/mol. The summed E-state index contributed by atoms with van der Waals surface area (Å²) in [6.07, 6.45) is 6.26. The van der Waals surface area contributed by atoms with Gasteiger partial charge in [-0.05, 0) is 69.7 Å². The Morgan fingerprint density at radius 2 is 2.09 bits per heavy atom. The van der Waals surface area contributed by atoms with Crippen molar-refractivity contribution >= 4 is 27.6 Å². The van der Waals surface area contributed by atoms with Gasteiger partial charge in [-0.15, -0.1) is 0 Å². The van der Waals surface area contributed by atoms with Crippen molar-refractivity contribution in [2.24, 2.45) is 0 Å². The lowest BCUT2D eigenvalue weighted by atomic mass is 9.83. The molecule has 0 aliphatic carbocycles. The zero-order valence-corrected chi connectivity index (χ0v) is 15.6. The van der Waals surface area contributed by atoms with E-state index in [1.54, 1.807) is 0 Å². The molecule has 124 valence electrons. The molecule has 4 heteroatoms. The van der Waals surface area contributed by atoms with Gasteiger partial charge in [-0.1, -0.05) is 34.1 Å². The second-order valence-electron chi connectivity index (χ2n) is 7.45. The number of halogens is 1. The quantitative estimate of drug-likeness (QED) is 0.655. The highest BCUT2D eigenvalue weighted by Gasteiger charge is 2.39. The number of hydrogen-bond acceptors (Lipinski definition) is 2. The van der Waals surface area contributed by atoms with Crippen LogP contribution in [0, 0.1) is 0 Å². The van der Waals surface area contributed by atoms with Crippen molar-refractivity contribution < 1.29 is 9.53 Å². The number of carbonyl (C=O) groups excluding carboxylic acids is 1. The van der Waals surface area contributed by atoms with E-state index < -0.39 is 5.60 Å². The fourth-order valence-corrected chi connectivity index (χ4v) is 3.93. The third-order valence-corrected chi connectivity index (χ3v) is 4.93. The van der Waals surface area contributed by atoms with Gasteiger partial charge in [0.15, 0.2) is 0 Å². The van der Waals surface area contributed by atoms with E-state index in [1.807, 2.05) is 31.7 Å². The topological polar surface area (TPSA) is 29.5 Å². The van der Waals surface area contributed by atoms with Gasteiger partial charge in [0.05, 0.1) is 6.04 Å². The first-order chi connectivity index (χ1) is 10.8. The zero-order chi connectivity index (χ0) is 16.6. The van der Waals surface area contributed by atoms with Crippen LogP contribution in [0.5, 0.6) is 0 Å². The summed E-state index contributed by atoms with van der Waals surface area (Å²) >= 11 is 3.55. The zero-order valence-electron chi connectivity index (χ0n) is 14.0. The lowest BCUT2D eigenvalue weighted by molar-refractivity contribution is 0.0000862. The largest absolute Gasteiger partial charge is 0.444 e. The number of benzene rings is 1. The van der Waals surface area contributed by atoms with Crippen molar-refractivity contribution in [3.8, 4) is 0 Å². The number of hydrogen-bond donors (Lipinski definition) is 0. The van der Waals surface area contributed by atoms with Gasteiger partial charge in [-0.25, -0.2) is 4.79 Å². The number of nitrogens with zero attached hydrogens (tertiary/aromatic N) is 1. The Morgan fingerprint density at radius 1 is 1.30 bits per heavy atom. The molecule has 2 aliphatic rings. The molecule has 1 saturated heterocycles. The minimum absolute atomic E-state index is 0.159. The van der Waals surface area contributed by atoms with E-state index in [1.165, 1.54) is 17.6 Å². The van der Waals surface area contributed by atoms with Crippen molar-refractivity contribution in [1.82, 2.24) is 4.90 Å². The number of carbonyl (C=O) groups is 1. The molecule has 0 saturated carbocycles. The fourth-order valence-electron chi connectivity index (χ4n) is 3.53. The van der Waals surface area contributed by atoms with Crippen LogP contribution in [0.15, 0.2) is 34.8 Å². The molecule has 2 bridgehead atoms. The Kier molecular flexibility index (Phi) is 4.54. The number of amides is 1. The van der Waals surface area contributed by atoms with Gasteiger partial charge >= 0.3 is 6.09 Å². The smallest absolute Gasteiger partial charge is 0.411 e. The van der Waals surface area contributed by atoms with Crippen LogP contribution in [0.3, 0.4) is 0 Å². The molecule has 3 nitrogen and oxygen atoms in total. The van der Waals surface area contributed by atoms with Crippen molar-refractivity contribution in [1.29, 1.82) is 0 Å². The molecule has 1 fully saturated rings. The summed E-state index contributed by atoms with van der Waals surface area (Å²) in [7, 11) is 0. The predicted molar refractivity (Wildman–Crippen MR) is 96.2 cm³/mol. The van der Waals surface area contributed by atoms with Crippen molar-refractivity contribution in [2.75, 3.05) is 0 Å². The molecule has 2 unspecified atom stereocenters. The van der Waals surface area contributed by atoms with E-state index >= 15 is 0 Å². The molecule has 1 amide bonds. The average molecular weight is 378 g/mol. The minimum Gasteiger partial charge on any atom is -0.444 e. The highest BCUT2D eigenvalue weighted by atomic mass is 79.9. The summed E-state index contributed by atoms with van der Waals surface area (Å²) in [6, 6.07) is 8.82. The summed E-state index contributed by atoms with van der Waals surface area (Å²) in [5.41, 5.74) is 2.15. The van der Waals surface area contributed by atoms with Gasteiger partial charge in [-0.3, -0.25) is 4.90 Å². The maximum Gasteiger partial charge on any atom is 0.411 e. The number of piperidine rings is 1. The molecule has 1 aromatic rings. The molecule has 3 rings (SSSR count). The maximum atomic E-state index is 12.6. The third-order valence-electron chi connectivity index (χ3n) is 4.44. The van der Waals surface area contributed by atoms with E-state index in [4.69, 9.17) is 4.74 Å². The SMILES string of the molecule is CC(C)(C)OC(=O)N1C2C=C(c3cccc(Br)c3)CC1CCC2. The summed E-state index contributed by atoms with van der Waals surface area (Å²) in [4.78, 5) is 14.6. The predicted octanol–water partition coefficient (Wildman–Crippen LogP) is 5.39. The van der Waals surface area contributed by atoms with Crippen LogP contribution in [0.1, 0.15) is 52.0 Å². The Balaban J connectivity index is 1.86. The summed E-state index contributed by atoms with van der Waals surface area (Å²) in [6.45, 7) is 5.77. The van der Waals surface area contributed by atoms with Crippen LogP contribution in [0.4, 0.5) is 4.79 Å². The van der Waals surface area contributed by atoms with Crippen LogP contribution in [-0.4, -0.2) is 28.7 Å². The minimum atomic E-state index is -0.445. The molecule has 2 heterocycles. The van der Waals surface area contributed by atoms with Gasteiger partial charge in [0.1, 0.15) is 5.60 Å². The summed E-state index contributed by atoms with van der Waals surface area (Å²) < 4.78 is 6.72. The molecular formula is C19H24BrNO2. The van der Waals surface area contributed by atoms with Crippen LogP contribution < -0.4 is 0 Å². The van der Waals surface area contributed by atoms with Crippen LogP contribution >= 0.6 is 15.9 Å². The third kappa shape index (κ3) is 3.79. The normalized spacial score (nSPS) is 24.2. The van der Waals surface area contributed by atoms with Crippen LogP contribution in [0.2, 0.25) is 0 Å². The first-order valence-corrected chi connectivity index (χ1v) is 9.11. The second-order valence-corrected chi connectivity index (χ2v) is 8.36. The molecule has 0 aromatic heterocycles. The highest BCUT2D eigenvalue weighted by Crippen LogP contribution is 2.38. The molecule has 1 aromatic carbocycles. The van der Waals surface area contributed by atoms with Gasteiger partial charge in [0, 0.05) is 10.5 Å². The Hall–Kier alpha value is -1.29. The Labute approximate surface area is 146 Å². The van der Waals surface area contributed by atoms with E-state index in [2.05, 4.69) is 40.2 Å². The van der Waals surface area contributed by atoms with Gasteiger partial charge in [0.2, 0.25) is 0 Å². The number of ether oxygens (including phenoxy) is 1. The molecule has 2 atom stereocenters. The first kappa shape index (κ1) is 16.6. The lowest BCUT2D eigenvalue weighted by Crippen LogP contribution is -2.53. The molecule has 0 spiro atoms. The molecule has 0 N–H and O–H groups in total. The highest BCUT2D eigenvalue weighted by molar-refractivity contribution is 9.10. The molecule has 23 heavy (non-hydrogen) atoms. The average Bonchev–Trinajstić information content (AvgIpc) is 2.44. The van der Waals surface area contributed by atoms with E-state index in [0.29, 0.717) is 0 Å². The lowest BCUT2D eigenvalue weighted by Gasteiger charge is -2.45. The monoisotopic (exact) mass is 377 g/mol. The van der Waals surface area contributed by atoms with Crippen molar-refractivity contribution in [2.45, 2.75) is 64.1 Å². The second kappa shape index (κ2) is 6.31. The Morgan fingerprint density at radius 3 is 2.74 bits per heavy atom. The van der Waals surface area contributed by atoms with E-state index in [9.17, 15) is 4.79 Å². The Bertz CT molecular complexity index is 633. The van der Waals surface area contributed by atoms with Gasteiger partial charge in [-0.2, -0.15) is 0 Å². The summed E-state index contributed by atoms with van der Waals surface area (Å²) in [5, 5.41) is 0. The summed E-state index contributed by atoms with van der Waals surface area (Å²) in [5.74, 6) is 0. The number of rotatable bonds is 1. The standard InChI is InChI=1S/C19H24BrNO2/c1-19(2,3)23-18(22)21-16-8-5-9-17(21)12-14(11-16)13-6-4-7-15(20)10-13/h4,6-7,10-11,16-17H,5,8-9,12H2,1-3H3. The van der Waals surface area contributed by atoms with E-state index in [0.717, 1.165) is 23.7 Å². The number of fused-ring (bicyclic) bond motifs is 2. The van der Waals surface area contributed by atoms with Crippen molar-refractivity contribution in [3.05, 3.63) is 40.4 Å². The van der Waals surface area contributed by atoms with Gasteiger partial charge < -0.3 is 4.74 Å². The fraction of sp³-hybridized carbons (Fsp3) is 0.526. The molecule has 2 aliphatic heterocycles.